The van der Waals surface area contributed by atoms with Crippen LogP contribution < -0.4 is 16.0 Å². The summed E-state index contributed by atoms with van der Waals surface area (Å²) in [6, 6.07) is 12.0. The number of nitrogens with one attached hydrogen (secondary N) is 3. The zero-order chi connectivity index (χ0) is 21.7. The predicted molar refractivity (Wildman–Crippen MR) is 119 cm³/mol. The normalized spacial score (nSPS) is 13.3. The summed E-state index contributed by atoms with van der Waals surface area (Å²) in [5, 5.41) is 8.75. The first-order chi connectivity index (χ1) is 14.3. The van der Waals surface area contributed by atoms with Crippen molar-refractivity contribution in [3.63, 3.8) is 0 Å². The van der Waals surface area contributed by atoms with E-state index in [0.29, 0.717) is 27.9 Å². The van der Waals surface area contributed by atoms with Crippen LogP contribution in [-0.4, -0.2) is 29.8 Å². The van der Waals surface area contributed by atoms with E-state index in [1.165, 1.54) is 6.08 Å². The molecule has 30 heavy (non-hydrogen) atoms. The fourth-order valence-electron chi connectivity index (χ4n) is 2.70. The Morgan fingerprint density at radius 2 is 1.67 bits per heavy atom. The second kappa shape index (κ2) is 9.59. The third-order valence-electron chi connectivity index (χ3n) is 4.42. The van der Waals surface area contributed by atoms with Gasteiger partial charge in [0.1, 0.15) is 0 Å². The first-order valence-corrected chi connectivity index (χ1v) is 10.2. The number of carbonyl (C=O) groups excluding carboxylic acids is 3. The molecule has 2 aromatic carbocycles. The quantitative estimate of drug-likeness (QED) is 0.585. The van der Waals surface area contributed by atoms with Crippen LogP contribution in [0, 0.1) is 0 Å². The van der Waals surface area contributed by atoms with E-state index in [9.17, 15) is 14.4 Å². The Kier molecular flexibility index (Phi) is 6.90. The average molecular weight is 426 g/mol. The summed E-state index contributed by atoms with van der Waals surface area (Å²) in [6.07, 6.45) is 5.09. The summed E-state index contributed by atoms with van der Waals surface area (Å²) < 4.78 is 0. The van der Waals surface area contributed by atoms with Crippen molar-refractivity contribution in [1.29, 1.82) is 0 Å². The van der Waals surface area contributed by atoms with Gasteiger partial charge in [0, 0.05) is 29.3 Å². The lowest BCUT2D eigenvalue weighted by Crippen LogP contribution is -2.30. The molecule has 0 aromatic heterocycles. The third kappa shape index (κ3) is 6.19. The van der Waals surface area contributed by atoms with Gasteiger partial charge in [-0.2, -0.15) is 0 Å². The van der Waals surface area contributed by atoms with Crippen molar-refractivity contribution < 1.29 is 14.4 Å². The largest absolute Gasteiger partial charge is 0.350 e. The van der Waals surface area contributed by atoms with Crippen molar-refractivity contribution >= 4 is 41.1 Å². The van der Waals surface area contributed by atoms with E-state index in [4.69, 9.17) is 11.6 Å². The SMILES string of the molecule is CC(C)NC(=O)c1ccc(Cl)c(NC(=O)C=Cc2ccc(C(=O)NC3CC3)cc2)c1. The molecule has 0 heterocycles. The van der Waals surface area contributed by atoms with Gasteiger partial charge in [0.05, 0.1) is 10.7 Å². The number of anilines is 1. The molecule has 1 saturated carbocycles. The van der Waals surface area contributed by atoms with Gasteiger partial charge in [0.15, 0.2) is 0 Å². The Balaban J connectivity index is 1.61. The molecule has 0 bridgehead atoms. The molecular weight excluding hydrogens is 402 g/mol. The molecule has 0 unspecified atom stereocenters. The van der Waals surface area contributed by atoms with Crippen LogP contribution in [0.1, 0.15) is 53.0 Å². The van der Waals surface area contributed by atoms with E-state index >= 15 is 0 Å². The Morgan fingerprint density at radius 3 is 2.30 bits per heavy atom. The molecule has 6 nitrogen and oxygen atoms in total. The summed E-state index contributed by atoms with van der Waals surface area (Å²) in [7, 11) is 0. The Bertz CT molecular complexity index is 980. The standard InChI is InChI=1S/C23H24ClN3O3/c1-14(2)25-23(30)17-8-11-19(24)20(13-17)27-21(28)12-5-15-3-6-16(7-4-15)22(29)26-18-9-10-18/h3-8,11-14,18H,9-10H2,1-2H3,(H,25,30)(H,26,29)(H,27,28). The maximum atomic E-state index is 12.3. The molecule has 1 aliphatic carbocycles. The number of amides is 3. The lowest BCUT2D eigenvalue weighted by molar-refractivity contribution is -0.111. The second-order valence-electron chi connectivity index (χ2n) is 7.52. The minimum Gasteiger partial charge on any atom is -0.350 e. The number of hydrogen-bond acceptors (Lipinski definition) is 3. The highest BCUT2D eigenvalue weighted by molar-refractivity contribution is 6.34. The van der Waals surface area contributed by atoms with Gasteiger partial charge >= 0.3 is 0 Å². The molecular formula is C23H24ClN3O3. The van der Waals surface area contributed by atoms with E-state index in [-0.39, 0.29) is 23.8 Å². The minimum atomic E-state index is -0.381. The van der Waals surface area contributed by atoms with Crippen LogP contribution in [0.2, 0.25) is 5.02 Å². The smallest absolute Gasteiger partial charge is 0.251 e. The molecule has 0 atom stereocenters. The predicted octanol–water partition coefficient (Wildman–Crippen LogP) is 4.02. The highest BCUT2D eigenvalue weighted by Gasteiger charge is 2.23. The Morgan fingerprint density at radius 1 is 1.00 bits per heavy atom. The van der Waals surface area contributed by atoms with Gasteiger partial charge in [0.25, 0.3) is 11.8 Å². The molecule has 7 heteroatoms. The van der Waals surface area contributed by atoms with Crippen LogP contribution in [0.5, 0.6) is 0 Å². The van der Waals surface area contributed by atoms with Crippen molar-refractivity contribution in [3.05, 3.63) is 70.3 Å². The number of hydrogen-bond donors (Lipinski definition) is 3. The molecule has 0 aliphatic heterocycles. The zero-order valence-electron chi connectivity index (χ0n) is 16.9. The summed E-state index contributed by atoms with van der Waals surface area (Å²) in [5.41, 5.74) is 2.14. The monoisotopic (exact) mass is 425 g/mol. The fraction of sp³-hybridized carbons (Fsp3) is 0.261. The van der Waals surface area contributed by atoms with Crippen LogP contribution in [0.4, 0.5) is 5.69 Å². The van der Waals surface area contributed by atoms with E-state index in [2.05, 4.69) is 16.0 Å². The van der Waals surface area contributed by atoms with Crippen LogP contribution in [-0.2, 0) is 4.79 Å². The van der Waals surface area contributed by atoms with Gasteiger partial charge in [-0.05, 0) is 68.7 Å². The van der Waals surface area contributed by atoms with E-state index in [1.807, 2.05) is 13.8 Å². The maximum absolute atomic E-state index is 12.3. The van der Waals surface area contributed by atoms with E-state index in [1.54, 1.807) is 48.5 Å². The average Bonchev–Trinajstić information content (AvgIpc) is 3.52. The van der Waals surface area contributed by atoms with Crippen molar-refractivity contribution in [2.75, 3.05) is 5.32 Å². The third-order valence-corrected chi connectivity index (χ3v) is 4.75. The molecule has 0 saturated heterocycles. The molecule has 0 radical (unpaired) electrons. The first kappa shape index (κ1) is 21.6. The maximum Gasteiger partial charge on any atom is 0.251 e. The molecule has 2 aromatic rings. The highest BCUT2D eigenvalue weighted by Crippen LogP contribution is 2.23. The van der Waals surface area contributed by atoms with E-state index in [0.717, 1.165) is 18.4 Å². The first-order valence-electron chi connectivity index (χ1n) is 9.82. The van der Waals surface area contributed by atoms with Gasteiger partial charge in [-0.1, -0.05) is 23.7 Å². The Labute approximate surface area is 180 Å². The molecule has 0 spiro atoms. The van der Waals surface area contributed by atoms with Gasteiger partial charge < -0.3 is 16.0 Å². The highest BCUT2D eigenvalue weighted by atomic mass is 35.5. The van der Waals surface area contributed by atoms with Crippen molar-refractivity contribution in [2.45, 2.75) is 38.8 Å². The van der Waals surface area contributed by atoms with Gasteiger partial charge in [-0.25, -0.2) is 0 Å². The van der Waals surface area contributed by atoms with Gasteiger partial charge in [0.2, 0.25) is 5.91 Å². The van der Waals surface area contributed by atoms with Crippen LogP contribution >= 0.6 is 11.6 Å². The molecule has 3 rings (SSSR count). The second-order valence-corrected chi connectivity index (χ2v) is 7.92. The zero-order valence-corrected chi connectivity index (χ0v) is 17.6. The summed E-state index contributed by atoms with van der Waals surface area (Å²) in [4.78, 5) is 36.4. The van der Waals surface area contributed by atoms with Crippen molar-refractivity contribution in [3.8, 4) is 0 Å². The number of carbonyl (C=O) groups is 3. The van der Waals surface area contributed by atoms with Crippen LogP contribution in [0.3, 0.4) is 0 Å². The summed E-state index contributed by atoms with van der Waals surface area (Å²) >= 11 is 6.15. The number of rotatable bonds is 7. The van der Waals surface area contributed by atoms with Gasteiger partial charge in [-0.15, -0.1) is 0 Å². The van der Waals surface area contributed by atoms with Gasteiger partial charge in [-0.3, -0.25) is 14.4 Å². The lowest BCUT2D eigenvalue weighted by atomic mass is 10.1. The molecule has 156 valence electrons. The number of halogens is 1. The topological polar surface area (TPSA) is 87.3 Å². The van der Waals surface area contributed by atoms with Crippen LogP contribution in [0.15, 0.2) is 48.5 Å². The molecule has 1 aliphatic rings. The lowest BCUT2D eigenvalue weighted by Gasteiger charge is -2.11. The summed E-state index contributed by atoms with van der Waals surface area (Å²) in [5.74, 6) is -0.700. The van der Waals surface area contributed by atoms with Crippen molar-refractivity contribution in [1.82, 2.24) is 10.6 Å². The van der Waals surface area contributed by atoms with E-state index < -0.39 is 0 Å². The number of benzene rings is 2. The molecule has 1 fully saturated rings. The Hall–Kier alpha value is -3.12. The van der Waals surface area contributed by atoms with Crippen LogP contribution in [0.25, 0.3) is 6.08 Å². The summed E-state index contributed by atoms with van der Waals surface area (Å²) in [6.45, 7) is 3.74. The molecule has 3 N–H and O–H groups in total. The minimum absolute atomic E-state index is 0.000299. The molecule has 3 amide bonds. The fourth-order valence-corrected chi connectivity index (χ4v) is 2.86. The van der Waals surface area contributed by atoms with Crippen molar-refractivity contribution in [2.24, 2.45) is 0 Å².